The number of hydrogen-bond acceptors (Lipinski definition) is 4. The maximum atomic E-state index is 11.1. The number of anilines is 1. The predicted molar refractivity (Wildman–Crippen MR) is 79.2 cm³/mol. The van der Waals surface area contributed by atoms with E-state index in [4.69, 9.17) is 5.11 Å². The van der Waals surface area contributed by atoms with Crippen molar-refractivity contribution in [2.24, 2.45) is 11.8 Å². The molecule has 0 radical (unpaired) electrons. The average molecular weight is 277 g/mol. The summed E-state index contributed by atoms with van der Waals surface area (Å²) in [4.78, 5) is 19.8. The Hall–Kier alpha value is -1.62. The molecule has 1 saturated heterocycles. The third kappa shape index (κ3) is 2.93. The van der Waals surface area contributed by atoms with Gasteiger partial charge in [0, 0.05) is 25.3 Å². The highest BCUT2D eigenvalue weighted by Crippen LogP contribution is 2.30. The minimum atomic E-state index is -0.905. The Morgan fingerprint density at radius 3 is 2.65 bits per heavy atom. The molecule has 1 N–H and O–H groups in total. The molecule has 1 fully saturated rings. The lowest BCUT2D eigenvalue weighted by Crippen LogP contribution is -2.37. The summed E-state index contributed by atoms with van der Waals surface area (Å²) in [7, 11) is 4.20. The third-order valence-corrected chi connectivity index (χ3v) is 4.17. The van der Waals surface area contributed by atoms with Gasteiger partial charge in [0.25, 0.3) is 0 Å². The van der Waals surface area contributed by atoms with Crippen LogP contribution in [0.2, 0.25) is 0 Å². The maximum Gasteiger partial charge on any atom is 0.335 e. The molecule has 0 aromatic carbocycles. The molecular weight excluding hydrogens is 254 g/mol. The fraction of sp³-hybridized carbons (Fsp3) is 0.600. The molecule has 0 spiro atoms. The summed E-state index contributed by atoms with van der Waals surface area (Å²) in [5.74, 6) is 1.02. The molecule has 2 rings (SSSR count). The molecule has 2 heterocycles. The van der Waals surface area contributed by atoms with Crippen molar-refractivity contribution in [2.75, 3.05) is 32.1 Å². The lowest BCUT2D eigenvalue weighted by molar-refractivity contribution is 0.0697. The number of pyridine rings is 1. The molecule has 0 aliphatic carbocycles. The molecule has 1 aromatic rings. The maximum absolute atomic E-state index is 11.1. The molecular formula is C15H23N3O2. The van der Waals surface area contributed by atoms with Crippen molar-refractivity contribution in [3.8, 4) is 0 Å². The van der Waals surface area contributed by atoms with Crippen molar-refractivity contribution < 1.29 is 9.90 Å². The smallest absolute Gasteiger partial charge is 0.335 e. The quantitative estimate of drug-likeness (QED) is 0.909. The largest absolute Gasteiger partial charge is 0.478 e. The Labute approximate surface area is 120 Å². The first-order valence-electron chi connectivity index (χ1n) is 7.01. The molecule has 0 amide bonds. The van der Waals surface area contributed by atoms with Crippen LogP contribution in [0, 0.1) is 11.8 Å². The molecule has 110 valence electrons. The average Bonchev–Trinajstić information content (AvgIpc) is 2.84. The van der Waals surface area contributed by atoms with Crippen LogP contribution in [0.3, 0.4) is 0 Å². The van der Waals surface area contributed by atoms with Gasteiger partial charge in [0.05, 0.1) is 5.56 Å². The van der Waals surface area contributed by atoms with Gasteiger partial charge in [-0.05, 0) is 38.1 Å². The van der Waals surface area contributed by atoms with Gasteiger partial charge >= 0.3 is 5.97 Å². The molecule has 0 unspecified atom stereocenters. The van der Waals surface area contributed by atoms with Crippen LogP contribution in [0.1, 0.15) is 24.2 Å². The monoisotopic (exact) mass is 277 g/mol. The first kappa shape index (κ1) is 14.8. The highest BCUT2D eigenvalue weighted by Gasteiger charge is 2.36. The summed E-state index contributed by atoms with van der Waals surface area (Å²) in [6.07, 6.45) is 1.58. The highest BCUT2D eigenvalue weighted by atomic mass is 16.4. The first-order chi connectivity index (χ1) is 9.40. The van der Waals surface area contributed by atoms with Gasteiger partial charge in [0.1, 0.15) is 5.82 Å². The summed E-state index contributed by atoms with van der Waals surface area (Å²) in [5.41, 5.74) is 0.296. The second kappa shape index (κ2) is 5.79. The number of aromatic nitrogens is 1. The summed E-state index contributed by atoms with van der Waals surface area (Å²) < 4.78 is 0. The van der Waals surface area contributed by atoms with Gasteiger partial charge in [0.15, 0.2) is 0 Å². The van der Waals surface area contributed by atoms with E-state index in [2.05, 4.69) is 42.7 Å². The minimum absolute atomic E-state index is 0.296. The van der Waals surface area contributed by atoms with Gasteiger partial charge < -0.3 is 14.9 Å². The van der Waals surface area contributed by atoms with Crippen molar-refractivity contribution in [3.63, 3.8) is 0 Å². The normalized spacial score (nSPS) is 22.8. The molecule has 1 aromatic heterocycles. The van der Waals surface area contributed by atoms with Crippen molar-refractivity contribution in [3.05, 3.63) is 23.9 Å². The molecule has 1 aliphatic heterocycles. The summed E-state index contributed by atoms with van der Waals surface area (Å²) in [6.45, 7) is 6.31. The van der Waals surface area contributed by atoms with E-state index in [-0.39, 0.29) is 0 Å². The van der Waals surface area contributed by atoms with Crippen molar-refractivity contribution in [2.45, 2.75) is 19.9 Å². The molecule has 5 nitrogen and oxygen atoms in total. The summed E-state index contributed by atoms with van der Waals surface area (Å²) >= 11 is 0. The van der Waals surface area contributed by atoms with Crippen LogP contribution in [0.15, 0.2) is 18.3 Å². The van der Waals surface area contributed by atoms with Crippen LogP contribution in [-0.4, -0.2) is 54.2 Å². The topological polar surface area (TPSA) is 56.7 Å². The van der Waals surface area contributed by atoms with Gasteiger partial charge in [-0.25, -0.2) is 9.78 Å². The number of nitrogens with zero attached hydrogens (tertiary/aromatic N) is 3. The zero-order valence-electron chi connectivity index (χ0n) is 12.6. The Morgan fingerprint density at radius 1 is 1.45 bits per heavy atom. The number of likely N-dealkylation sites (N-methyl/N-ethyl adjacent to an activating group) is 1. The van der Waals surface area contributed by atoms with Gasteiger partial charge in [-0.2, -0.15) is 0 Å². The van der Waals surface area contributed by atoms with E-state index < -0.39 is 5.97 Å². The second-order valence-corrected chi connectivity index (χ2v) is 6.05. The standard InChI is InChI=1S/C15H23N3O2/c1-10(2)12-8-18(9-13(12)17(3)4)14-7-11(15(19)20)5-6-16-14/h5-7,10,12-13H,8-9H2,1-4H3,(H,19,20)/t12-,13+/m0/s1. The van der Waals surface area contributed by atoms with Crippen LogP contribution in [0.4, 0.5) is 5.82 Å². The van der Waals surface area contributed by atoms with E-state index in [9.17, 15) is 4.79 Å². The third-order valence-electron chi connectivity index (χ3n) is 4.17. The molecule has 5 heteroatoms. The number of rotatable bonds is 4. The van der Waals surface area contributed by atoms with Gasteiger partial charge in [0.2, 0.25) is 0 Å². The molecule has 0 bridgehead atoms. The van der Waals surface area contributed by atoms with E-state index in [1.807, 2.05) is 0 Å². The SMILES string of the molecule is CC(C)[C@@H]1CN(c2cc(C(=O)O)ccn2)C[C@H]1N(C)C. The summed E-state index contributed by atoms with van der Waals surface area (Å²) in [6, 6.07) is 3.67. The number of carbonyl (C=O) groups is 1. The Morgan fingerprint density at radius 2 is 2.15 bits per heavy atom. The number of hydrogen-bond donors (Lipinski definition) is 1. The Bertz CT molecular complexity index is 472. The zero-order valence-corrected chi connectivity index (χ0v) is 12.6. The zero-order chi connectivity index (χ0) is 14.9. The fourth-order valence-electron chi connectivity index (χ4n) is 2.92. The summed E-state index contributed by atoms with van der Waals surface area (Å²) in [5, 5.41) is 9.08. The van der Waals surface area contributed by atoms with Crippen molar-refractivity contribution in [1.82, 2.24) is 9.88 Å². The van der Waals surface area contributed by atoms with Gasteiger partial charge in [-0.1, -0.05) is 13.8 Å². The molecule has 0 saturated carbocycles. The number of carboxylic acid groups (broad SMARTS) is 1. The van der Waals surface area contributed by atoms with E-state index >= 15 is 0 Å². The van der Waals surface area contributed by atoms with Crippen LogP contribution in [0.25, 0.3) is 0 Å². The van der Waals surface area contributed by atoms with E-state index in [0.717, 1.165) is 18.9 Å². The lowest BCUT2D eigenvalue weighted by Gasteiger charge is -2.27. The molecule has 1 aliphatic rings. The molecule has 2 atom stereocenters. The first-order valence-corrected chi connectivity index (χ1v) is 7.01. The molecule has 20 heavy (non-hydrogen) atoms. The predicted octanol–water partition coefficient (Wildman–Crippen LogP) is 1.80. The number of aromatic carboxylic acids is 1. The highest BCUT2D eigenvalue weighted by molar-refractivity contribution is 5.88. The van der Waals surface area contributed by atoms with Crippen molar-refractivity contribution in [1.29, 1.82) is 0 Å². The van der Waals surface area contributed by atoms with Crippen LogP contribution in [-0.2, 0) is 0 Å². The van der Waals surface area contributed by atoms with Gasteiger partial charge in [-0.15, -0.1) is 0 Å². The van der Waals surface area contributed by atoms with Gasteiger partial charge in [-0.3, -0.25) is 0 Å². The van der Waals surface area contributed by atoms with E-state index in [0.29, 0.717) is 23.4 Å². The fourth-order valence-corrected chi connectivity index (χ4v) is 2.92. The second-order valence-electron chi connectivity index (χ2n) is 6.05. The Balaban J connectivity index is 2.22. The Kier molecular flexibility index (Phi) is 4.28. The van der Waals surface area contributed by atoms with Crippen molar-refractivity contribution >= 4 is 11.8 Å². The van der Waals surface area contributed by atoms with Crippen LogP contribution in [0.5, 0.6) is 0 Å². The van der Waals surface area contributed by atoms with Crippen LogP contribution < -0.4 is 4.90 Å². The number of carboxylic acids is 1. The minimum Gasteiger partial charge on any atom is -0.478 e. The van der Waals surface area contributed by atoms with E-state index in [1.54, 1.807) is 12.3 Å². The van der Waals surface area contributed by atoms with E-state index in [1.165, 1.54) is 6.07 Å². The van der Waals surface area contributed by atoms with Crippen LogP contribution >= 0.6 is 0 Å². The lowest BCUT2D eigenvalue weighted by atomic mass is 9.91.